The average Bonchev–Trinajstić information content (AvgIpc) is 2.59. The molecule has 0 saturated carbocycles. The minimum atomic E-state index is -0.893. The first-order valence-electron chi connectivity index (χ1n) is 7.16. The van der Waals surface area contributed by atoms with Gasteiger partial charge in [0, 0.05) is 6.07 Å². The van der Waals surface area contributed by atoms with Crippen molar-refractivity contribution >= 4 is 5.69 Å². The minimum absolute atomic E-state index is 0.136. The van der Waals surface area contributed by atoms with Gasteiger partial charge in [-0.15, -0.1) is 0 Å². The van der Waals surface area contributed by atoms with Crippen LogP contribution in [0.5, 0.6) is 17.4 Å². The summed E-state index contributed by atoms with van der Waals surface area (Å²) in [6.45, 7) is 0.136. The smallest absolute Gasteiger partial charge is 0.219 e. The number of hydrogen-bond donors (Lipinski definition) is 1. The predicted molar refractivity (Wildman–Crippen MR) is 85.9 cm³/mol. The van der Waals surface area contributed by atoms with Crippen molar-refractivity contribution in [2.24, 2.45) is 0 Å². The van der Waals surface area contributed by atoms with Gasteiger partial charge in [0.1, 0.15) is 18.1 Å². The summed E-state index contributed by atoms with van der Waals surface area (Å²) in [4.78, 5) is 4.04. The molecule has 0 atom stereocenters. The molecule has 2 N–H and O–H groups in total. The van der Waals surface area contributed by atoms with Crippen LogP contribution in [0.1, 0.15) is 5.56 Å². The molecule has 0 aliphatic rings. The molecule has 3 rings (SSSR count). The Balaban J connectivity index is 1.59. The second kappa shape index (κ2) is 6.95. The third-order valence-electron chi connectivity index (χ3n) is 3.19. The fourth-order valence-corrected chi connectivity index (χ4v) is 1.97. The second-order valence-electron chi connectivity index (χ2n) is 5.04. The van der Waals surface area contributed by atoms with Crippen LogP contribution in [0.4, 0.5) is 14.5 Å². The van der Waals surface area contributed by atoms with E-state index in [9.17, 15) is 8.78 Å². The van der Waals surface area contributed by atoms with Crippen molar-refractivity contribution in [3.8, 4) is 17.4 Å². The van der Waals surface area contributed by atoms with Crippen LogP contribution in [0.15, 0.2) is 60.8 Å². The molecule has 3 aromatic rings. The molecule has 0 saturated heterocycles. The first-order chi connectivity index (χ1) is 11.6. The first kappa shape index (κ1) is 15.7. The number of nitrogens with zero attached hydrogens (tertiary/aromatic N) is 1. The molecule has 122 valence electrons. The van der Waals surface area contributed by atoms with Gasteiger partial charge in [0.05, 0.1) is 11.9 Å². The summed E-state index contributed by atoms with van der Waals surface area (Å²) in [6, 6.07) is 13.9. The Morgan fingerprint density at radius 2 is 1.62 bits per heavy atom. The standard InChI is InChI=1S/C18H14F2N2O2/c19-16-7-1-12(9-17(16)20)11-23-14-3-5-15(6-4-14)24-18-8-2-13(21)10-22-18/h1-10H,11,21H2. The van der Waals surface area contributed by atoms with Gasteiger partial charge >= 0.3 is 0 Å². The number of rotatable bonds is 5. The van der Waals surface area contributed by atoms with E-state index in [0.29, 0.717) is 28.6 Å². The minimum Gasteiger partial charge on any atom is -0.489 e. The van der Waals surface area contributed by atoms with Crippen LogP contribution in [0.2, 0.25) is 0 Å². The highest BCUT2D eigenvalue weighted by Crippen LogP contribution is 2.23. The molecule has 2 aromatic carbocycles. The van der Waals surface area contributed by atoms with Crippen molar-refractivity contribution in [3.05, 3.63) is 78.0 Å². The Bertz CT molecular complexity index is 821. The van der Waals surface area contributed by atoms with E-state index >= 15 is 0 Å². The predicted octanol–water partition coefficient (Wildman–Crippen LogP) is 4.31. The summed E-state index contributed by atoms with van der Waals surface area (Å²) in [5, 5.41) is 0. The summed E-state index contributed by atoms with van der Waals surface area (Å²) in [5.74, 6) is -0.170. The number of benzene rings is 2. The molecule has 6 heteroatoms. The Hall–Kier alpha value is -3.15. The lowest BCUT2D eigenvalue weighted by Crippen LogP contribution is -1.97. The molecule has 1 aromatic heterocycles. The topological polar surface area (TPSA) is 57.4 Å². The van der Waals surface area contributed by atoms with E-state index in [2.05, 4.69) is 4.98 Å². The molecule has 24 heavy (non-hydrogen) atoms. The van der Waals surface area contributed by atoms with Gasteiger partial charge in [-0.3, -0.25) is 0 Å². The van der Waals surface area contributed by atoms with E-state index in [1.54, 1.807) is 36.4 Å². The van der Waals surface area contributed by atoms with E-state index < -0.39 is 11.6 Å². The van der Waals surface area contributed by atoms with Crippen LogP contribution in [0, 0.1) is 11.6 Å². The molecular formula is C18H14F2N2O2. The summed E-state index contributed by atoms with van der Waals surface area (Å²) in [7, 11) is 0. The number of aromatic nitrogens is 1. The van der Waals surface area contributed by atoms with Gasteiger partial charge in [0.15, 0.2) is 11.6 Å². The Morgan fingerprint density at radius 1 is 0.875 bits per heavy atom. The number of halogens is 2. The van der Waals surface area contributed by atoms with Crippen molar-refractivity contribution < 1.29 is 18.3 Å². The van der Waals surface area contributed by atoms with Crippen LogP contribution in [-0.4, -0.2) is 4.98 Å². The van der Waals surface area contributed by atoms with E-state index in [1.165, 1.54) is 12.3 Å². The third kappa shape index (κ3) is 3.98. The molecule has 0 radical (unpaired) electrons. The molecule has 1 heterocycles. The normalized spacial score (nSPS) is 10.4. The van der Waals surface area contributed by atoms with Crippen molar-refractivity contribution in [2.45, 2.75) is 6.61 Å². The number of ether oxygens (including phenoxy) is 2. The molecule has 0 spiro atoms. The van der Waals surface area contributed by atoms with Gasteiger partial charge in [-0.1, -0.05) is 6.07 Å². The number of hydrogen-bond acceptors (Lipinski definition) is 4. The second-order valence-corrected chi connectivity index (χ2v) is 5.04. The molecule has 0 fully saturated rings. The summed E-state index contributed by atoms with van der Waals surface area (Å²) in [5.41, 5.74) is 6.66. The molecule has 0 amide bonds. The molecule has 0 aliphatic carbocycles. The SMILES string of the molecule is Nc1ccc(Oc2ccc(OCc3ccc(F)c(F)c3)cc2)nc1. The monoisotopic (exact) mass is 328 g/mol. The van der Waals surface area contributed by atoms with E-state index in [-0.39, 0.29) is 6.61 Å². The van der Waals surface area contributed by atoms with Crippen LogP contribution in [0.3, 0.4) is 0 Å². The fraction of sp³-hybridized carbons (Fsp3) is 0.0556. The van der Waals surface area contributed by atoms with Gasteiger partial charge in [-0.25, -0.2) is 13.8 Å². The number of anilines is 1. The Kier molecular flexibility index (Phi) is 4.56. The van der Waals surface area contributed by atoms with Gasteiger partial charge in [-0.2, -0.15) is 0 Å². The molecule has 0 aliphatic heterocycles. The number of nitrogen functional groups attached to an aromatic ring is 1. The van der Waals surface area contributed by atoms with Gasteiger partial charge in [0.2, 0.25) is 5.88 Å². The molecule has 4 nitrogen and oxygen atoms in total. The quantitative estimate of drug-likeness (QED) is 0.758. The van der Waals surface area contributed by atoms with Crippen molar-refractivity contribution in [1.82, 2.24) is 4.98 Å². The highest BCUT2D eigenvalue weighted by atomic mass is 19.2. The zero-order chi connectivity index (χ0) is 16.9. The lowest BCUT2D eigenvalue weighted by Gasteiger charge is -2.08. The largest absolute Gasteiger partial charge is 0.489 e. The van der Waals surface area contributed by atoms with Gasteiger partial charge in [0.25, 0.3) is 0 Å². The Labute approximate surface area is 137 Å². The van der Waals surface area contributed by atoms with Crippen LogP contribution in [-0.2, 0) is 6.61 Å². The maximum absolute atomic E-state index is 13.1. The van der Waals surface area contributed by atoms with Crippen LogP contribution in [0.25, 0.3) is 0 Å². The third-order valence-corrected chi connectivity index (χ3v) is 3.19. The number of nitrogens with two attached hydrogens (primary N) is 1. The van der Waals surface area contributed by atoms with E-state index in [0.717, 1.165) is 12.1 Å². The summed E-state index contributed by atoms with van der Waals surface area (Å²) in [6.07, 6.45) is 1.51. The number of pyridine rings is 1. The van der Waals surface area contributed by atoms with Gasteiger partial charge in [-0.05, 0) is 48.0 Å². The van der Waals surface area contributed by atoms with Crippen molar-refractivity contribution in [2.75, 3.05) is 5.73 Å². The maximum Gasteiger partial charge on any atom is 0.219 e. The van der Waals surface area contributed by atoms with Crippen LogP contribution >= 0.6 is 0 Å². The zero-order valence-corrected chi connectivity index (χ0v) is 12.6. The summed E-state index contributed by atoms with van der Waals surface area (Å²) < 4.78 is 37.1. The average molecular weight is 328 g/mol. The van der Waals surface area contributed by atoms with Gasteiger partial charge < -0.3 is 15.2 Å². The molecule has 0 bridgehead atoms. The van der Waals surface area contributed by atoms with E-state index in [4.69, 9.17) is 15.2 Å². The van der Waals surface area contributed by atoms with Crippen molar-refractivity contribution in [3.63, 3.8) is 0 Å². The lowest BCUT2D eigenvalue weighted by atomic mass is 10.2. The van der Waals surface area contributed by atoms with Crippen LogP contribution < -0.4 is 15.2 Å². The first-order valence-corrected chi connectivity index (χ1v) is 7.16. The highest BCUT2D eigenvalue weighted by Gasteiger charge is 2.04. The summed E-state index contributed by atoms with van der Waals surface area (Å²) >= 11 is 0. The fourth-order valence-electron chi connectivity index (χ4n) is 1.97. The zero-order valence-electron chi connectivity index (χ0n) is 12.6. The maximum atomic E-state index is 13.1. The van der Waals surface area contributed by atoms with E-state index in [1.807, 2.05) is 0 Å². The molecular weight excluding hydrogens is 314 g/mol. The van der Waals surface area contributed by atoms with Crippen molar-refractivity contribution in [1.29, 1.82) is 0 Å². The highest BCUT2D eigenvalue weighted by molar-refractivity contribution is 5.38. The lowest BCUT2D eigenvalue weighted by molar-refractivity contribution is 0.304. The molecule has 0 unspecified atom stereocenters. The Morgan fingerprint density at radius 3 is 2.29 bits per heavy atom.